The Kier molecular flexibility index (Phi) is 3.83. The second-order valence-corrected chi connectivity index (χ2v) is 5.18. The van der Waals surface area contributed by atoms with Crippen LogP contribution in [0, 0.1) is 10.1 Å². The molecular formula is C17H13N3O4. The van der Waals surface area contributed by atoms with Gasteiger partial charge in [-0.25, -0.2) is 0 Å². The van der Waals surface area contributed by atoms with Gasteiger partial charge in [0.15, 0.2) is 6.29 Å². The number of nitrogens with one attached hydrogen (secondary N) is 1. The van der Waals surface area contributed by atoms with Gasteiger partial charge in [0.1, 0.15) is 5.69 Å². The average Bonchev–Trinajstić information content (AvgIpc) is 2.89. The lowest BCUT2D eigenvalue weighted by Gasteiger charge is -2.07. The Balaban J connectivity index is 2.19. The Hall–Kier alpha value is -3.48. The van der Waals surface area contributed by atoms with E-state index in [-0.39, 0.29) is 17.3 Å². The number of fused-ring (bicyclic) bond motifs is 1. The van der Waals surface area contributed by atoms with E-state index in [4.69, 9.17) is 0 Å². The minimum absolute atomic E-state index is 0.0667. The number of aldehydes is 1. The molecule has 3 aromatic rings. The summed E-state index contributed by atoms with van der Waals surface area (Å²) in [5, 5.41) is 14.6. The van der Waals surface area contributed by atoms with Gasteiger partial charge in [-0.15, -0.1) is 0 Å². The summed E-state index contributed by atoms with van der Waals surface area (Å²) in [4.78, 5) is 33.9. The van der Waals surface area contributed by atoms with Crippen LogP contribution >= 0.6 is 0 Å². The molecule has 3 rings (SSSR count). The number of nitro benzene ring substituents is 1. The van der Waals surface area contributed by atoms with Crippen molar-refractivity contribution in [2.45, 2.75) is 6.92 Å². The highest BCUT2D eigenvalue weighted by Gasteiger charge is 2.19. The average molecular weight is 323 g/mol. The normalized spacial score (nSPS) is 10.5. The van der Waals surface area contributed by atoms with Gasteiger partial charge < -0.3 is 5.32 Å². The molecule has 0 fully saturated rings. The van der Waals surface area contributed by atoms with Crippen LogP contribution in [-0.2, 0) is 0 Å². The molecule has 24 heavy (non-hydrogen) atoms. The smallest absolute Gasteiger partial charge is 0.271 e. The summed E-state index contributed by atoms with van der Waals surface area (Å²) >= 11 is 0. The van der Waals surface area contributed by atoms with Crippen molar-refractivity contribution in [3.63, 3.8) is 0 Å². The van der Waals surface area contributed by atoms with Crippen molar-refractivity contribution in [1.29, 1.82) is 0 Å². The molecule has 2 aromatic carbocycles. The zero-order valence-corrected chi connectivity index (χ0v) is 12.7. The number of anilines is 2. The molecule has 0 aliphatic carbocycles. The summed E-state index contributed by atoms with van der Waals surface area (Å²) in [5.74, 6) is -0.291. The quantitative estimate of drug-likeness (QED) is 0.448. The minimum atomic E-state index is -0.495. The number of aromatic nitrogens is 1. The maximum Gasteiger partial charge on any atom is 0.271 e. The van der Waals surface area contributed by atoms with Crippen LogP contribution < -0.4 is 5.32 Å². The molecule has 0 unspecified atom stereocenters. The standard InChI is InChI=1S/C17H13N3O4/c1-11(22)19-15-8-3-2-7-14(15)17(16(19)10-21)18-12-5-4-6-13(9-12)20(23)24/h2-10,18H,1H3. The van der Waals surface area contributed by atoms with E-state index in [0.29, 0.717) is 28.6 Å². The van der Waals surface area contributed by atoms with Crippen molar-refractivity contribution in [1.82, 2.24) is 4.57 Å². The van der Waals surface area contributed by atoms with Gasteiger partial charge in [-0.2, -0.15) is 0 Å². The molecule has 0 aliphatic rings. The molecule has 1 heterocycles. The Bertz CT molecular complexity index is 975. The van der Waals surface area contributed by atoms with Crippen LogP contribution in [0.1, 0.15) is 22.2 Å². The minimum Gasteiger partial charge on any atom is -0.353 e. The number of nitro groups is 1. The van der Waals surface area contributed by atoms with Gasteiger partial charge in [-0.05, 0) is 12.1 Å². The largest absolute Gasteiger partial charge is 0.353 e. The van der Waals surface area contributed by atoms with Gasteiger partial charge in [-0.1, -0.05) is 24.3 Å². The monoisotopic (exact) mass is 323 g/mol. The van der Waals surface area contributed by atoms with Crippen molar-refractivity contribution in [2.24, 2.45) is 0 Å². The SMILES string of the molecule is CC(=O)n1c(C=O)c(Nc2cccc([N+](=O)[O-])c2)c2ccccc21. The molecule has 0 spiro atoms. The fraction of sp³-hybridized carbons (Fsp3) is 0.0588. The second kappa shape index (κ2) is 5.96. The van der Waals surface area contributed by atoms with Crippen molar-refractivity contribution >= 4 is 40.2 Å². The highest BCUT2D eigenvalue weighted by Crippen LogP contribution is 2.33. The number of para-hydroxylation sites is 1. The van der Waals surface area contributed by atoms with Gasteiger partial charge in [0.2, 0.25) is 5.91 Å². The number of nitrogens with zero attached hydrogens (tertiary/aromatic N) is 2. The molecule has 0 radical (unpaired) electrons. The number of benzene rings is 2. The summed E-state index contributed by atoms with van der Waals surface area (Å²) in [6, 6.07) is 13.0. The van der Waals surface area contributed by atoms with Gasteiger partial charge in [0.25, 0.3) is 5.69 Å². The lowest BCUT2D eigenvalue weighted by molar-refractivity contribution is -0.384. The molecule has 1 N–H and O–H groups in total. The zero-order chi connectivity index (χ0) is 17.3. The van der Waals surface area contributed by atoms with Crippen LogP contribution in [0.5, 0.6) is 0 Å². The van der Waals surface area contributed by atoms with Gasteiger partial charge >= 0.3 is 0 Å². The zero-order valence-electron chi connectivity index (χ0n) is 12.7. The first-order chi connectivity index (χ1) is 11.5. The molecule has 0 atom stereocenters. The first-order valence-electron chi connectivity index (χ1n) is 7.14. The number of hydrogen-bond acceptors (Lipinski definition) is 5. The van der Waals surface area contributed by atoms with Crippen LogP contribution in [0.25, 0.3) is 10.9 Å². The van der Waals surface area contributed by atoms with E-state index < -0.39 is 4.92 Å². The predicted octanol–water partition coefficient (Wildman–Crippen LogP) is 3.77. The maximum absolute atomic E-state index is 11.9. The van der Waals surface area contributed by atoms with Crippen LogP contribution in [-0.4, -0.2) is 21.7 Å². The van der Waals surface area contributed by atoms with Crippen LogP contribution in [0.2, 0.25) is 0 Å². The molecule has 0 saturated heterocycles. The third kappa shape index (κ3) is 2.52. The molecule has 0 amide bonds. The Labute approximate surface area is 136 Å². The van der Waals surface area contributed by atoms with Crippen molar-refractivity contribution in [3.05, 3.63) is 64.3 Å². The van der Waals surface area contributed by atoms with E-state index >= 15 is 0 Å². The van der Waals surface area contributed by atoms with E-state index in [9.17, 15) is 19.7 Å². The molecule has 0 aliphatic heterocycles. The number of hydrogen-bond donors (Lipinski definition) is 1. The fourth-order valence-electron chi connectivity index (χ4n) is 2.68. The van der Waals surface area contributed by atoms with Gasteiger partial charge in [0, 0.05) is 30.1 Å². The van der Waals surface area contributed by atoms with E-state index in [1.54, 1.807) is 36.4 Å². The van der Waals surface area contributed by atoms with E-state index in [1.807, 2.05) is 0 Å². The Morgan fingerprint density at radius 1 is 1.21 bits per heavy atom. The lowest BCUT2D eigenvalue weighted by atomic mass is 10.2. The van der Waals surface area contributed by atoms with Crippen molar-refractivity contribution in [2.75, 3.05) is 5.32 Å². The highest BCUT2D eigenvalue weighted by atomic mass is 16.6. The lowest BCUT2D eigenvalue weighted by Crippen LogP contribution is -2.09. The molecule has 0 bridgehead atoms. The summed E-state index contributed by atoms with van der Waals surface area (Å²) in [7, 11) is 0. The van der Waals surface area contributed by atoms with Crippen molar-refractivity contribution in [3.8, 4) is 0 Å². The Morgan fingerprint density at radius 2 is 1.96 bits per heavy atom. The number of carbonyl (C=O) groups is 2. The molecule has 0 saturated carbocycles. The van der Waals surface area contributed by atoms with E-state index in [1.165, 1.54) is 23.6 Å². The van der Waals surface area contributed by atoms with Crippen molar-refractivity contribution < 1.29 is 14.5 Å². The topological polar surface area (TPSA) is 94.2 Å². The van der Waals surface area contributed by atoms with Gasteiger partial charge in [0.05, 0.1) is 16.1 Å². The first-order valence-corrected chi connectivity index (χ1v) is 7.14. The molecule has 7 heteroatoms. The molecule has 1 aromatic heterocycles. The molecular weight excluding hydrogens is 310 g/mol. The number of carbonyl (C=O) groups excluding carboxylic acids is 2. The first kappa shape index (κ1) is 15.4. The molecule has 7 nitrogen and oxygen atoms in total. The third-order valence-corrected chi connectivity index (χ3v) is 3.66. The summed E-state index contributed by atoms with van der Waals surface area (Å²) in [6.07, 6.45) is 0.598. The molecule has 120 valence electrons. The summed E-state index contributed by atoms with van der Waals surface area (Å²) < 4.78 is 1.32. The van der Waals surface area contributed by atoms with E-state index in [0.717, 1.165) is 0 Å². The van der Waals surface area contributed by atoms with Gasteiger partial charge in [-0.3, -0.25) is 24.3 Å². The van der Waals surface area contributed by atoms with Crippen LogP contribution in [0.15, 0.2) is 48.5 Å². The summed E-state index contributed by atoms with van der Waals surface area (Å²) in [6.45, 7) is 1.37. The number of rotatable bonds is 4. The predicted molar refractivity (Wildman–Crippen MR) is 90.0 cm³/mol. The fourth-order valence-corrected chi connectivity index (χ4v) is 2.68. The maximum atomic E-state index is 11.9. The third-order valence-electron chi connectivity index (χ3n) is 3.66. The highest BCUT2D eigenvalue weighted by molar-refractivity contribution is 6.08. The van der Waals surface area contributed by atoms with Crippen LogP contribution in [0.4, 0.5) is 17.1 Å². The van der Waals surface area contributed by atoms with E-state index in [2.05, 4.69) is 5.32 Å². The number of non-ortho nitro benzene ring substituents is 1. The second-order valence-electron chi connectivity index (χ2n) is 5.18. The Morgan fingerprint density at radius 3 is 2.62 bits per heavy atom. The van der Waals surface area contributed by atoms with Crippen LogP contribution in [0.3, 0.4) is 0 Å². The summed E-state index contributed by atoms with van der Waals surface area (Å²) in [5.41, 5.74) is 1.60.